The topological polar surface area (TPSA) is 105 Å². The van der Waals surface area contributed by atoms with E-state index in [9.17, 15) is 14.4 Å². The van der Waals surface area contributed by atoms with Crippen LogP contribution in [0, 0.1) is 6.92 Å². The van der Waals surface area contributed by atoms with Crippen LogP contribution in [0.1, 0.15) is 38.1 Å². The molecule has 1 aliphatic heterocycles. The summed E-state index contributed by atoms with van der Waals surface area (Å²) in [6.45, 7) is 7.34. The number of thiophene rings is 1. The van der Waals surface area contributed by atoms with Crippen LogP contribution >= 0.6 is 34.5 Å². The lowest BCUT2D eigenvalue weighted by Gasteiger charge is -2.34. The largest absolute Gasteiger partial charge is 0.462 e. The Hall–Kier alpha value is -2.17. The van der Waals surface area contributed by atoms with E-state index in [0.29, 0.717) is 35.2 Å². The molecule has 1 aromatic heterocycles. The molecule has 1 saturated heterocycles. The minimum absolute atomic E-state index is 0.167. The lowest BCUT2D eigenvalue weighted by Crippen LogP contribution is -2.48. The first kappa shape index (κ1) is 25.5. The van der Waals surface area contributed by atoms with Gasteiger partial charge in [0.15, 0.2) is 0 Å². The van der Waals surface area contributed by atoms with Crippen LogP contribution in [0.25, 0.3) is 0 Å². The van der Waals surface area contributed by atoms with E-state index in [1.54, 1.807) is 19.9 Å². The van der Waals surface area contributed by atoms with Gasteiger partial charge >= 0.3 is 5.97 Å². The van der Waals surface area contributed by atoms with Crippen molar-refractivity contribution in [1.29, 1.82) is 0 Å². The molecule has 1 aliphatic rings. The minimum atomic E-state index is -0.652. The second-order valence-corrected chi connectivity index (χ2v) is 9.55. The Morgan fingerprint density at radius 2 is 1.82 bits per heavy atom. The van der Waals surface area contributed by atoms with Gasteiger partial charge in [0.25, 0.3) is 5.91 Å². The van der Waals surface area contributed by atoms with Gasteiger partial charge in [-0.2, -0.15) is 0 Å². The van der Waals surface area contributed by atoms with Crippen molar-refractivity contribution >= 4 is 57.3 Å². The summed E-state index contributed by atoms with van der Waals surface area (Å²) < 4.78 is 5.08. The highest BCUT2D eigenvalue weighted by Gasteiger charge is 2.26. The molecule has 3 N–H and O–H groups in total. The molecular weight excluding hydrogens is 487 g/mol. The molecule has 3 rings (SSSR count). The van der Waals surface area contributed by atoms with Crippen LogP contribution in [0.5, 0.6) is 0 Å². The van der Waals surface area contributed by atoms with Crippen molar-refractivity contribution < 1.29 is 19.1 Å². The number of hydrogen-bond acceptors (Lipinski definition) is 7. The molecule has 0 atom stereocenters. The summed E-state index contributed by atoms with van der Waals surface area (Å²) in [5.41, 5.74) is 7.01. The van der Waals surface area contributed by atoms with E-state index >= 15 is 0 Å². The van der Waals surface area contributed by atoms with Gasteiger partial charge in [-0.3, -0.25) is 19.4 Å². The maximum atomic E-state index is 12.7. The number of halogens is 2. The van der Waals surface area contributed by atoms with Crippen LogP contribution in [-0.2, 0) is 16.1 Å². The number of primary amides is 1. The summed E-state index contributed by atoms with van der Waals surface area (Å²) in [5.74, 6) is -1.52. The van der Waals surface area contributed by atoms with E-state index in [1.165, 1.54) is 0 Å². The molecule has 0 radical (unpaired) electrons. The first-order valence-corrected chi connectivity index (χ1v) is 12.1. The van der Waals surface area contributed by atoms with Crippen LogP contribution < -0.4 is 11.1 Å². The van der Waals surface area contributed by atoms with Gasteiger partial charge in [0.1, 0.15) is 5.00 Å². The Kier molecular flexibility index (Phi) is 8.72. The quantitative estimate of drug-likeness (QED) is 0.525. The zero-order valence-corrected chi connectivity index (χ0v) is 20.8. The molecule has 0 unspecified atom stereocenters. The molecule has 2 aromatic rings. The van der Waals surface area contributed by atoms with E-state index in [0.717, 1.165) is 30.0 Å². The smallest absolute Gasteiger partial charge is 0.341 e. The summed E-state index contributed by atoms with van der Waals surface area (Å²) in [7, 11) is 0. The molecule has 178 valence electrons. The van der Waals surface area contributed by atoms with Gasteiger partial charge in [-0.05, 0) is 37.1 Å². The first-order valence-electron chi connectivity index (χ1n) is 10.5. The Balaban J connectivity index is 1.58. The molecule has 33 heavy (non-hydrogen) atoms. The third kappa shape index (κ3) is 6.45. The van der Waals surface area contributed by atoms with Crippen molar-refractivity contribution in [3.63, 3.8) is 0 Å². The molecule has 11 heteroatoms. The van der Waals surface area contributed by atoms with Gasteiger partial charge in [-0.25, -0.2) is 4.79 Å². The highest BCUT2D eigenvalue weighted by atomic mass is 35.5. The minimum Gasteiger partial charge on any atom is -0.462 e. The second-order valence-electron chi connectivity index (χ2n) is 7.68. The molecule has 0 aliphatic carbocycles. The molecule has 1 aromatic carbocycles. The normalized spacial score (nSPS) is 14.8. The number of carbonyl (C=O) groups excluding carboxylic acids is 3. The average Bonchev–Trinajstić information content (AvgIpc) is 3.07. The lowest BCUT2D eigenvalue weighted by molar-refractivity contribution is -0.117. The maximum Gasteiger partial charge on any atom is 0.341 e. The molecule has 0 saturated carbocycles. The first-order chi connectivity index (χ1) is 15.7. The van der Waals surface area contributed by atoms with Crippen molar-refractivity contribution in [3.05, 3.63) is 49.8 Å². The summed E-state index contributed by atoms with van der Waals surface area (Å²) >= 11 is 13.2. The van der Waals surface area contributed by atoms with Crippen LogP contribution in [0.4, 0.5) is 5.00 Å². The lowest BCUT2D eigenvalue weighted by atomic mass is 10.1. The fraction of sp³-hybridized carbons (Fsp3) is 0.409. The van der Waals surface area contributed by atoms with E-state index < -0.39 is 11.9 Å². The third-order valence-electron chi connectivity index (χ3n) is 5.34. The zero-order chi connectivity index (χ0) is 24.1. The highest BCUT2D eigenvalue weighted by molar-refractivity contribution is 7.18. The van der Waals surface area contributed by atoms with E-state index in [-0.39, 0.29) is 34.5 Å². The summed E-state index contributed by atoms with van der Waals surface area (Å²) in [6, 6.07) is 5.48. The molecule has 2 heterocycles. The number of piperazine rings is 1. The van der Waals surface area contributed by atoms with E-state index in [1.807, 2.05) is 17.0 Å². The second kappa shape index (κ2) is 11.3. The maximum absolute atomic E-state index is 12.7. The number of nitrogens with zero attached hydrogens (tertiary/aromatic N) is 2. The van der Waals surface area contributed by atoms with Crippen molar-refractivity contribution in [2.45, 2.75) is 20.4 Å². The zero-order valence-electron chi connectivity index (χ0n) is 18.5. The molecule has 1 fully saturated rings. The fourth-order valence-corrected chi connectivity index (χ4v) is 5.18. The molecule has 8 nitrogen and oxygen atoms in total. The number of anilines is 1. The fourth-order valence-electron chi connectivity index (χ4n) is 3.65. The summed E-state index contributed by atoms with van der Waals surface area (Å²) in [4.78, 5) is 41.3. The van der Waals surface area contributed by atoms with Crippen LogP contribution in [0.2, 0.25) is 10.0 Å². The molecular formula is C22H26Cl2N4O4S. The number of nitrogens with one attached hydrogen (secondary N) is 1. The number of ether oxygens (including phenoxy) is 1. The van der Waals surface area contributed by atoms with Crippen molar-refractivity contribution in [1.82, 2.24) is 9.80 Å². The number of carbonyl (C=O) groups is 3. The van der Waals surface area contributed by atoms with E-state index in [2.05, 4.69) is 10.2 Å². The highest BCUT2D eigenvalue weighted by Crippen LogP contribution is 2.33. The summed E-state index contributed by atoms with van der Waals surface area (Å²) in [6.07, 6.45) is 0. The van der Waals surface area contributed by atoms with Gasteiger partial charge in [-0.15, -0.1) is 11.3 Å². The number of hydrogen-bond donors (Lipinski definition) is 2. The average molecular weight is 513 g/mol. The van der Waals surface area contributed by atoms with Crippen molar-refractivity contribution in [2.75, 3.05) is 44.6 Å². The van der Waals surface area contributed by atoms with Gasteiger partial charge in [-0.1, -0.05) is 29.3 Å². The summed E-state index contributed by atoms with van der Waals surface area (Å²) in [5, 5.41) is 4.29. The predicted octanol–water partition coefficient (Wildman–Crippen LogP) is 3.40. The Morgan fingerprint density at radius 1 is 1.15 bits per heavy atom. The monoisotopic (exact) mass is 512 g/mol. The van der Waals surface area contributed by atoms with Crippen molar-refractivity contribution in [2.24, 2.45) is 5.73 Å². The van der Waals surface area contributed by atoms with E-state index in [4.69, 9.17) is 33.7 Å². The van der Waals surface area contributed by atoms with Gasteiger partial charge < -0.3 is 15.8 Å². The number of benzene rings is 1. The number of amides is 2. The Morgan fingerprint density at radius 3 is 2.42 bits per heavy atom. The standard InChI is InChI=1S/C22H26Cl2N4O4S/c1-3-32-22(31)18-13(2)19(20(25)30)33-21(18)26-17(29)12-28-8-6-27(7-9-28)11-14-4-5-15(23)10-16(14)24/h4-5,10H,3,6-9,11-12H2,1-2H3,(H2,25,30)(H,26,29). The van der Waals surface area contributed by atoms with Crippen LogP contribution in [0.15, 0.2) is 18.2 Å². The van der Waals surface area contributed by atoms with Gasteiger partial charge in [0, 0.05) is 42.8 Å². The number of nitrogens with two attached hydrogens (primary N) is 1. The van der Waals surface area contributed by atoms with Crippen molar-refractivity contribution in [3.8, 4) is 0 Å². The number of esters is 1. The molecule has 2 amide bonds. The third-order valence-corrected chi connectivity index (χ3v) is 7.15. The molecule has 0 bridgehead atoms. The molecule has 0 spiro atoms. The Bertz CT molecular complexity index is 1050. The number of rotatable bonds is 8. The predicted molar refractivity (Wildman–Crippen MR) is 130 cm³/mol. The Labute approximate surface area is 206 Å². The van der Waals surface area contributed by atoms with Gasteiger partial charge in [0.2, 0.25) is 5.91 Å². The SMILES string of the molecule is CCOC(=O)c1c(NC(=O)CN2CCN(Cc3ccc(Cl)cc3Cl)CC2)sc(C(N)=O)c1C. The van der Waals surface area contributed by atoms with Crippen LogP contribution in [0.3, 0.4) is 0 Å². The van der Waals surface area contributed by atoms with Crippen LogP contribution in [-0.4, -0.2) is 66.9 Å². The van der Waals surface area contributed by atoms with Gasteiger partial charge in [0.05, 0.1) is 23.6 Å².